The predicted octanol–water partition coefficient (Wildman–Crippen LogP) is -8.63. The number of hydrogen-bond donors (Lipinski definition) is 0. The van der Waals surface area contributed by atoms with Gasteiger partial charge in [-0.1, -0.05) is 6.07 Å². The van der Waals surface area contributed by atoms with Crippen molar-refractivity contribution >= 4 is 20.2 Å². The van der Waals surface area contributed by atoms with Crippen LogP contribution in [-0.4, -0.2) is 25.9 Å². The summed E-state index contributed by atoms with van der Waals surface area (Å²) < 4.78 is 70.7. The van der Waals surface area contributed by atoms with Gasteiger partial charge in [0.25, 0.3) is 0 Å². The van der Waals surface area contributed by atoms with Crippen LogP contribution in [0.2, 0.25) is 0 Å². The molecule has 0 unspecified atom stereocenters. The molecule has 0 saturated carbocycles. The minimum atomic E-state index is -4.93. The van der Waals surface area contributed by atoms with E-state index in [1.54, 1.807) is 0 Å². The Morgan fingerprint density at radius 2 is 1.28 bits per heavy atom. The quantitative estimate of drug-likeness (QED) is 0.323. The summed E-state index contributed by atoms with van der Waals surface area (Å²) in [6.07, 6.45) is 0. The molecule has 8 nitrogen and oxygen atoms in total. The summed E-state index contributed by atoms with van der Waals surface area (Å²) in [4.78, 5) is -1.33. The fraction of sp³-hybridized carbons (Fsp3) is 0. The Bertz CT molecular complexity index is 912. The molecule has 0 spiro atoms. The van der Waals surface area contributed by atoms with Crippen molar-refractivity contribution in [3.8, 4) is 17.2 Å². The molecule has 0 bridgehead atoms. The van der Waals surface area contributed by atoms with Crippen molar-refractivity contribution in [1.29, 1.82) is 0 Å². The van der Waals surface area contributed by atoms with Crippen LogP contribution in [0.1, 0.15) is 0 Å². The van der Waals surface area contributed by atoms with Crippen molar-refractivity contribution in [2.24, 2.45) is 0 Å². The van der Waals surface area contributed by atoms with Gasteiger partial charge < -0.3 is 18.9 Å². The van der Waals surface area contributed by atoms with Gasteiger partial charge in [0.05, 0.1) is 9.79 Å². The maximum absolute atomic E-state index is 11.1. The molecular weight excluding hydrogens is 454 g/mol. The maximum Gasteiger partial charge on any atom is 1.00 e. The Kier molecular flexibility index (Phi) is 14.9. The van der Waals surface area contributed by atoms with Gasteiger partial charge in [0, 0.05) is 0 Å². The van der Waals surface area contributed by atoms with E-state index < -0.39 is 35.8 Å². The minimum Gasteiger partial charge on any atom is -0.872 e. The number of ether oxygens (including phenoxy) is 1. The molecule has 0 radical (unpaired) electrons. The second-order valence-electron chi connectivity index (χ2n) is 4.09. The van der Waals surface area contributed by atoms with Gasteiger partial charge in [0.1, 0.15) is 31.7 Å². The molecule has 0 atom stereocenters. The van der Waals surface area contributed by atoms with Gasteiger partial charge in [0.15, 0.2) is 0 Å². The zero-order valence-electron chi connectivity index (χ0n) is 13.6. The first kappa shape index (κ1) is 30.0. The summed E-state index contributed by atoms with van der Waals surface area (Å²) in [5, 5.41) is 11.1. The summed E-state index contributed by atoms with van der Waals surface area (Å²) in [5.74, 6) is -1.09. The van der Waals surface area contributed by atoms with Crippen LogP contribution in [-0.2, 0) is 20.2 Å². The number of rotatable bonds is 4. The number of hydrogen-bond acceptors (Lipinski definition) is 8. The summed E-state index contributed by atoms with van der Waals surface area (Å²) in [5.41, 5.74) is 0. The van der Waals surface area contributed by atoms with Crippen molar-refractivity contribution < 1.29 is 190 Å². The van der Waals surface area contributed by atoms with Gasteiger partial charge in [-0.05, 0) is 36.4 Å². The Morgan fingerprint density at radius 1 is 0.760 bits per heavy atom. The van der Waals surface area contributed by atoms with E-state index in [0.717, 1.165) is 36.4 Å². The van der Waals surface area contributed by atoms with E-state index in [0.29, 0.717) is 6.07 Å². The topological polar surface area (TPSA) is 147 Å². The van der Waals surface area contributed by atoms with Crippen molar-refractivity contribution in [2.75, 3.05) is 0 Å². The Labute approximate surface area is 272 Å². The van der Waals surface area contributed by atoms with Crippen molar-refractivity contribution in [3.05, 3.63) is 42.5 Å². The second kappa shape index (κ2) is 12.5. The van der Waals surface area contributed by atoms with Gasteiger partial charge in [-0.2, -0.15) is 0 Å². The van der Waals surface area contributed by atoms with Gasteiger partial charge in [-0.25, -0.2) is 16.8 Å². The molecular formula is C12H7K3O8S2. The maximum atomic E-state index is 11.1. The van der Waals surface area contributed by atoms with Gasteiger partial charge >= 0.3 is 154 Å². The molecule has 0 amide bonds. The summed E-state index contributed by atoms with van der Waals surface area (Å²) in [6, 6.07) is 6.77. The molecule has 0 aliphatic rings. The van der Waals surface area contributed by atoms with Crippen LogP contribution in [0.3, 0.4) is 0 Å². The molecule has 2 aromatic carbocycles. The van der Waals surface area contributed by atoms with Crippen LogP contribution in [0, 0.1) is 0 Å². The van der Waals surface area contributed by atoms with Crippen LogP contribution in [0.4, 0.5) is 0 Å². The third-order valence-electron chi connectivity index (χ3n) is 2.52. The SMILES string of the molecule is O=S(=O)([O-])c1ccc(Oc2ccc([O-])cc2S(=O)(=O)[O-])cc1.[K+].[K+].[K+]. The Hall–Kier alpha value is 2.77. The Balaban J connectivity index is 0. The largest absolute Gasteiger partial charge is 1.00 e. The predicted molar refractivity (Wildman–Crippen MR) is 68.3 cm³/mol. The molecule has 118 valence electrons. The molecule has 25 heavy (non-hydrogen) atoms. The zero-order valence-corrected chi connectivity index (χ0v) is 24.6. The third kappa shape index (κ3) is 9.41. The fourth-order valence-corrected chi connectivity index (χ4v) is 2.66. The molecule has 0 N–H and O–H groups in total. The van der Waals surface area contributed by atoms with Gasteiger partial charge in [0.2, 0.25) is 0 Å². The van der Waals surface area contributed by atoms with Gasteiger partial charge in [-0.15, -0.1) is 5.75 Å². The molecule has 2 aromatic rings. The molecule has 0 fully saturated rings. The first-order valence-electron chi connectivity index (χ1n) is 5.58. The molecule has 0 saturated heterocycles. The third-order valence-corrected chi connectivity index (χ3v) is 4.23. The van der Waals surface area contributed by atoms with E-state index in [-0.39, 0.29) is 166 Å². The van der Waals surface area contributed by atoms with E-state index >= 15 is 0 Å². The van der Waals surface area contributed by atoms with Crippen molar-refractivity contribution in [2.45, 2.75) is 9.79 Å². The van der Waals surface area contributed by atoms with Gasteiger partial charge in [-0.3, -0.25) is 0 Å². The minimum absolute atomic E-state index is 0. The Morgan fingerprint density at radius 3 is 1.72 bits per heavy atom. The molecule has 0 heterocycles. The standard InChI is InChI=1S/C12H10O8S2.3K/c13-8-1-6-11(12(7-8)22(17,18)19)20-9-2-4-10(5-3-9)21(14,15)16;;;/h1-7,13H,(H,14,15,16)(H,17,18,19);;;/q;3*+1/p-3. The molecule has 2 rings (SSSR count). The average Bonchev–Trinajstić information content (AvgIpc) is 2.39. The van der Waals surface area contributed by atoms with Crippen LogP contribution < -0.4 is 164 Å². The first-order valence-corrected chi connectivity index (χ1v) is 8.40. The first-order chi connectivity index (χ1) is 10.1. The van der Waals surface area contributed by atoms with Crippen LogP contribution in [0.5, 0.6) is 17.2 Å². The smallest absolute Gasteiger partial charge is 0.872 e. The van der Waals surface area contributed by atoms with Crippen LogP contribution in [0.15, 0.2) is 52.3 Å². The van der Waals surface area contributed by atoms with E-state index in [4.69, 9.17) is 4.74 Å². The summed E-state index contributed by atoms with van der Waals surface area (Å²) in [7, 11) is -9.55. The van der Waals surface area contributed by atoms with E-state index in [1.165, 1.54) is 0 Å². The normalized spacial score (nSPS) is 10.6. The van der Waals surface area contributed by atoms with Crippen LogP contribution >= 0.6 is 0 Å². The monoisotopic (exact) mass is 460 g/mol. The molecule has 0 aliphatic carbocycles. The zero-order chi connectivity index (χ0) is 16.5. The molecule has 13 heteroatoms. The fourth-order valence-electron chi connectivity index (χ4n) is 1.57. The van der Waals surface area contributed by atoms with Crippen molar-refractivity contribution in [3.63, 3.8) is 0 Å². The van der Waals surface area contributed by atoms with Crippen molar-refractivity contribution in [1.82, 2.24) is 0 Å². The average molecular weight is 461 g/mol. The van der Waals surface area contributed by atoms with E-state index in [2.05, 4.69) is 0 Å². The summed E-state index contributed by atoms with van der Waals surface area (Å²) in [6.45, 7) is 0. The molecule has 0 aromatic heterocycles. The van der Waals surface area contributed by atoms with E-state index in [9.17, 15) is 31.0 Å². The summed E-state index contributed by atoms with van der Waals surface area (Å²) >= 11 is 0. The second-order valence-corrected chi connectivity index (χ2v) is 6.82. The molecule has 0 aliphatic heterocycles. The number of benzene rings is 2. The van der Waals surface area contributed by atoms with Crippen LogP contribution in [0.25, 0.3) is 0 Å². The van der Waals surface area contributed by atoms with E-state index in [1.807, 2.05) is 0 Å².